The molecule has 3 aromatic rings. The molecule has 10 nitrogen and oxygen atoms in total. The Labute approximate surface area is 166 Å². The minimum absolute atomic E-state index is 0.0746. The van der Waals surface area contributed by atoms with Gasteiger partial charge >= 0.3 is 0 Å². The predicted octanol–water partition coefficient (Wildman–Crippen LogP) is 0.468. The smallest absolute Gasteiger partial charge is 0.267 e. The lowest BCUT2D eigenvalue weighted by atomic mass is 10.2. The molecule has 5 rings (SSSR count). The van der Waals surface area contributed by atoms with Gasteiger partial charge in [0.15, 0.2) is 5.65 Å². The Kier molecular flexibility index (Phi) is 4.26. The molecular formula is C19H22N8O2. The number of anilines is 1. The highest BCUT2D eigenvalue weighted by atomic mass is 16.2. The highest BCUT2D eigenvalue weighted by Crippen LogP contribution is 2.38. The topological polar surface area (TPSA) is 102 Å². The molecule has 10 heteroatoms. The van der Waals surface area contributed by atoms with Gasteiger partial charge in [-0.1, -0.05) is 0 Å². The molecule has 1 aliphatic heterocycles. The Bertz CT molecular complexity index is 1110. The Morgan fingerprint density at radius 1 is 1.07 bits per heavy atom. The summed E-state index contributed by atoms with van der Waals surface area (Å²) in [6, 6.07) is 6.48. The van der Waals surface area contributed by atoms with Crippen molar-refractivity contribution in [1.82, 2.24) is 34.5 Å². The summed E-state index contributed by atoms with van der Waals surface area (Å²) in [5.74, 6) is 1.19. The van der Waals surface area contributed by atoms with E-state index in [1.807, 2.05) is 12.1 Å². The summed E-state index contributed by atoms with van der Waals surface area (Å²) in [7, 11) is 0. The van der Waals surface area contributed by atoms with E-state index in [1.165, 1.54) is 10.7 Å². The highest BCUT2D eigenvalue weighted by molar-refractivity contribution is 5.80. The molecule has 2 fully saturated rings. The average molecular weight is 394 g/mol. The minimum Gasteiger partial charge on any atom is -0.352 e. The van der Waals surface area contributed by atoms with Crippen LogP contribution in [0.5, 0.6) is 0 Å². The third kappa shape index (κ3) is 3.34. The second-order valence-electron chi connectivity index (χ2n) is 7.63. The summed E-state index contributed by atoms with van der Waals surface area (Å²) in [6.07, 6.45) is 3.77. The number of carbonyl (C=O) groups excluding carboxylic acids is 1. The monoisotopic (exact) mass is 394 g/mol. The van der Waals surface area contributed by atoms with E-state index in [0.29, 0.717) is 37.7 Å². The van der Waals surface area contributed by atoms with Crippen LogP contribution in [0.2, 0.25) is 0 Å². The summed E-state index contributed by atoms with van der Waals surface area (Å²) < 4.78 is 2.98. The quantitative estimate of drug-likeness (QED) is 0.634. The zero-order chi connectivity index (χ0) is 20.0. The second-order valence-corrected chi connectivity index (χ2v) is 7.63. The molecule has 0 aromatic carbocycles. The summed E-state index contributed by atoms with van der Waals surface area (Å²) in [4.78, 5) is 29.2. The summed E-state index contributed by atoms with van der Waals surface area (Å²) >= 11 is 0. The molecule has 1 atom stereocenters. The molecule has 2 aliphatic rings. The lowest BCUT2D eigenvalue weighted by Gasteiger charge is -2.36. The molecule has 150 valence electrons. The molecule has 1 saturated carbocycles. The first kappa shape index (κ1) is 17.8. The van der Waals surface area contributed by atoms with Crippen LogP contribution in [0.1, 0.15) is 37.4 Å². The van der Waals surface area contributed by atoms with E-state index >= 15 is 0 Å². The molecule has 0 N–H and O–H groups in total. The predicted molar refractivity (Wildman–Crippen MR) is 105 cm³/mol. The number of hydrogen-bond acceptors (Lipinski definition) is 7. The first-order valence-corrected chi connectivity index (χ1v) is 9.91. The number of rotatable bonds is 4. The molecular weight excluding hydrogens is 372 g/mol. The van der Waals surface area contributed by atoms with Crippen LogP contribution < -0.4 is 10.5 Å². The largest absolute Gasteiger partial charge is 0.352 e. The van der Waals surface area contributed by atoms with Gasteiger partial charge < -0.3 is 9.80 Å². The fourth-order valence-electron chi connectivity index (χ4n) is 3.73. The Morgan fingerprint density at radius 2 is 1.86 bits per heavy atom. The lowest BCUT2D eigenvalue weighted by molar-refractivity contribution is -0.135. The number of hydrogen-bond donors (Lipinski definition) is 0. The van der Waals surface area contributed by atoms with Gasteiger partial charge in [-0.15, -0.1) is 15.3 Å². The van der Waals surface area contributed by atoms with E-state index in [9.17, 15) is 9.59 Å². The molecule has 3 aromatic heterocycles. The zero-order valence-corrected chi connectivity index (χ0v) is 16.2. The maximum Gasteiger partial charge on any atom is 0.267 e. The van der Waals surface area contributed by atoms with Gasteiger partial charge in [-0.05, 0) is 38.0 Å². The van der Waals surface area contributed by atoms with Crippen molar-refractivity contribution in [3.63, 3.8) is 0 Å². The minimum atomic E-state index is -0.612. The molecule has 1 amide bonds. The summed E-state index contributed by atoms with van der Waals surface area (Å²) in [6.45, 7) is 4.23. The highest BCUT2D eigenvalue weighted by Gasteiger charge is 2.30. The maximum absolute atomic E-state index is 13.0. The van der Waals surface area contributed by atoms with Crippen LogP contribution in [-0.4, -0.2) is 66.6 Å². The molecule has 0 unspecified atom stereocenters. The van der Waals surface area contributed by atoms with Crippen LogP contribution in [0.25, 0.3) is 5.65 Å². The van der Waals surface area contributed by atoms with Crippen LogP contribution in [0.3, 0.4) is 0 Å². The number of amides is 1. The van der Waals surface area contributed by atoms with Crippen molar-refractivity contribution >= 4 is 17.4 Å². The Balaban J connectivity index is 1.27. The van der Waals surface area contributed by atoms with E-state index in [-0.39, 0.29) is 11.5 Å². The van der Waals surface area contributed by atoms with Gasteiger partial charge in [0.25, 0.3) is 5.56 Å². The van der Waals surface area contributed by atoms with Crippen molar-refractivity contribution in [2.75, 3.05) is 31.1 Å². The third-order valence-corrected chi connectivity index (χ3v) is 5.63. The molecule has 4 heterocycles. The van der Waals surface area contributed by atoms with Crippen LogP contribution in [0.15, 0.2) is 35.4 Å². The zero-order valence-electron chi connectivity index (χ0n) is 16.2. The number of piperazine rings is 1. The summed E-state index contributed by atoms with van der Waals surface area (Å²) in [5, 5.41) is 16.8. The van der Waals surface area contributed by atoms with Crippen LogP contribution >= 0.6 is 0 Å². The number of aromatic nitrogens is 6. The van der Waals surface area contributed by atoms with Crippen LogP contribution in [-0.2, 0) is 4.79 Å². The molecule has 1 saturated heterocycles. The fourth-order valence-corrected chi connectivity index (χ4v) is 3.73. The van der Waals surface area contributed by atoms with Crippen molar-refractivity contribution in [3.8, 4) is 0 Å². The standard InChI is InChI=1S/C19H22N8O2/c1-13(27-18(28)7-4-15(22-27)14-2-3-14)19(29)25-10-8-24(9-11-25)17-6-5-16-21-20-12-26(16)23-17/h4-7,12-14H,2-3,8-11H2,1H3/t13-/m0/s1. The van der Waals surface area contributed by atoms with Gasteiger partial charge in [-0.2, -0.15) is 9.61 Å². The van der Waals surface area contributed by atoms with E-state index in [1.54, 1.807) is 28.7 Å². The van der Waals surface area contributed by atoms with Gasteiger partial charge in [0.2, 0.25) is 5.91 Å². The maximum atomic E-state index is 13.0. The molecule has 0 spiro atoms. The molecule has 1 aliphatic carbocycles. The van der Waals surface area contributed by atoms with Crippen LogP contribution in [0.4, 0.5) is 5.82 Å². The van der Waals surface area contributed by atoms with Gasteiger partial charge in [0, 0.05) is 38.2 Å². The van der Waals surface area contributed by atoms with Crippen LogP contribution in [0, 0.1) is 0 Å². The average Bonchev–Trinajstić information content (AvgIpc) is 3.50. The van der Waals surface area contributed by atoms with Gasteiger partial charge in [-0.3, -0.25) is 9.59 Å². The number of carbonyl (C=O) groups is 1. The lowest BCUT2D eigenvalue weighted by Crippen LogP contribution is -2.51. The van der Waals surface area contributed by atoms with Gasteiger partial charge in [0.05, 0.1) is 5.69 Å². The fraction of sp³-hybridized carbons (Fsp3) is 0.474. The second kappa shape index (κ2) is 6.94. The first-order chi connectivity index (χ1) is 14.1. The van der Waals surface area contributed by atoms with Gasteiger partial charge in [-0.25, -0.2) is 4.68 Å². The first-order valence-electron chi connectivity index (χ1n) is 9.91. The SMILES string of the molecule is C[C@@H](C(=O)N1CCN(c2ccc3nncn3n2)CC1)n1nc(C2CC2)ccc1=O. The van der Waals surface area contributed by atoms with E-state index in [0.717, 1.165) is 24.4 Å². The van der Waals surface area contributed by atoms with Crippen molar-refractivity contribution in [2.24, 2.45) is 0 Å². The van der Waals surface area contributed by atoms with Crippen molar-refractivity contribution < 1.29 is 4.79 Å². The molecule has 0 bridgehead atoms. The van der Waals surface area contributed by atoms with Crippen molar-refractivity contribution in [1.29, 1.82) is 0 Å². The number of fused-ring (bicyclic) bond motifs is 1. The third-order valence-electron chi connectivity index (χ3n) is 5.63. The van der Waals surface area contributed by atoms with E-state index < -0.39 is 6.04 Å². The van der Waals surface area contributed by atoms with Crippen molar-refractivity contribution in [2.45, 2.75) is 31.7 Å². The molecule has 29 heavy (non-hydrogen) atoms. The van der Waals surface area contributed by atoms with E-state index in [2.05, 4.69) is 25.3 Å². The normalized spacial score (nSPS) is 18.2. The van der Waals surface area contributed by atoms with Gasteiger partial charge in [0.1, 0.15) is 18.2 Å². The summed E-state index contributed by atoms with van der Waals surface area (Å²) in [5.41, 5.74) is 1.37. The molecule has 0 radical (unpaired) electrons. The Morgan fingerprint density at radius 3 is 2.62 bits per heavy atom. The number of nitrogens with zero attached hydrogens (tertiary/aromatic N) is 8. The van der Waals surface area contributed by atoms with Crippen molar-refractivity contribution in [3.05, 3.63) is 46.6 Å². The van der Waals surface area contributed by atoms with E-state index in [4.69, 9.17) is 0 Å². The Hall–Kier alpha value is -3.30.